The van der Waals surface area contributed by atoms with Crippen LogP contribution in [-0.4, -0.2) is 17.0 Å². The second kappa shape index (κ2) is 3.81. The van der Waals surface area contributed by atoms with Crippen molar-refractivity contribution in [2.45, 2.75) is 39.4 Å². The average Bonchev–Trinajstić information content (AvgIpc) is 1.83. The molecule has 2 N–H and O–H groups in total. The van der Waals surface area contributed by atoms with Gasteiger partial charge >= 0.3 is 0 Å². The topological polar surface area (TPSA) is 26.0 Å². The van der Waals surface area contributed by atoms with Crippen molar-refractivity contribution >= 4 is 11.8 Å². The van der Waals surface area contributed by atoms with Crippen LogP contribution in [0, 0.1) is 5.41 Å². The number of thioether (sulfide) groups is 1. The van der Waals surface area contributed by atoms with Crippen LogP contribution in [0.4, 0.5) is 0 Å². The molecule has 0 amide bonds. The summed E-state index contributed by atoms with van der Waals surface area (Å²) >= 11 is 1.99. The maximum atomic E-state index is 5.62. The molecule has 0 aromatic rings. The molecule has 0 radical (unpaired) electrons. The molecule has 0 saturated heterocycles. The number of hydrogen-bond acceptors (Lipinski definition) is 2. The van der Waals surface area contributed by atoms with Crippen LogP contribution in [0.3, 0.4) is 0 Å². The van der Waals surface area contributed by atoms with E-state index in [9.17, 15) is 0 Å². The van der Waals surface area contributed by atoms with Crippen molar-refractivity contribution in [3.05, 3.63) is 0 Å². The fourth-order valence-electron chi connectivity index (χ4n) is 0.471. The maximum Gasteiger partial charge on any atom is 0.00753 e. The zero-order valence-corrected chi connectivity index (χ0v) is 9.22. The Bertz CT molecular complexity index is 113. The van der Waals surface area contributed by atoms with E-state index in [0.717, 1.165) is 12.3 Å². The van der Waals surface area contributed by atoms with Crippen LogP contribution in [0.15, 0.2) is 0 Å². The fraction of sp³-hybridized carbons (Fsp3) is 1.00. The molecular weight excluding hydrogens is 154 g/mol. The number of nitrogens with two attached hydrogens (primary N) is 1. The van der Waals surface area contributed by atoms with E-state index in [4.69, 9.17) is 5.73 Å². The van der Waals surface area contributed by atoms with Gasteiger partial charge in [-0.15, -0.1) is 0 Å². The van der Waals surface area contributed by atoms with E-state index in [1.54, 1.807) is 0 Å². The van der Waals surface area contributed by atoms with Crippen LogP contribution in [0.1, 0.15) is 34.6 Å². The van der Waals surface area contributed by atoms with E-state index < -0.39 is 0 Å². The molecule has 0 aliphatic heterocycles. The molecule has 0 aromatic heterocycles. The van der Waals surface area contributed by atoms with Gasteiger partial charge in [0.2, 0.25) is 0 Å². The van der Waals surface area contributed by atoms with Crippen LogP contribution in [0.5, 0.6) is 0 Å². The minimum atomic E-state index is 0.290. The lowest BCUT2D eigenvalue weighted by atomic mass is 9.97. The van der Waals surface area contributed by atoms with Gasteiger partial charge in [0.05, 0.1) is 0 Å². The van der Waals surface area contributed by atoms with Crippen LogP contribution in [0.25, 0.3) is 0 Å². The largest absolute Gasteiger partial charge is 0.330 e. The third kappa shape index (κ3) is 6.70. The summed E-state index contributed by atoms with van der Waals surface area (Å²) in [6, 6.07) is 0. The Morgan fingerprint density at radius 1 is 1.09 bits per heavy atom. The first-order valence-corrected chi connectivity index (χ1v) is 5.09. The lowest BCUT2D eigenvalue weighted by molar-refractivity contribution is 0.437. The van der Waals surface area contributed by atoms with Crippen LogP contribution in [0.2, 0.25) is 0 Å². The molecule has 1 nitrogen and oxygen atoms in total. The first-order chi connectivity index (χ1) is 4.77. The van der Waals surface area contributed by atoms with Crippen molar-refractivity contribution in [2.24, 2.45) is 11.1 Å². The Hall–Kier alpha value is 0.310. The SMILES string of the molecule is CC(C)(CN)CSC(C)(C)C. The van der Waals surface area contributed by atoms with Gasteiger partial charge < -0.3 is 5.73 Å². The van der Waals surface area contributed by atoms with Gasteiger partial charge in [-0.2, -0.15) is 11.8 Å². The van der Waals surface area contributed by atoms with Gasteiger partial charge in [0.25, 0.3) is 0 Å². The minimum absolute atomic E-state index is 0.290. The molecule has 11 heavy (non-hydrogen) atoms. The summed E-state index contributed by atoms with van der Waals surface area (Å²) in [5, 5.41) is 0. The van der Waals surface area contributed by atoms with Crippen molar-refractivity contribution in [1.29, 1.82) is 0 Å². The second-order valence-electron chi connectivity index (χ2n) is 4.77. The van der Waals surface area contributed by atoms with Gasteiger partial charge in [-0.05, 0) is 12.0 Å². The van der Waals surface area contributed by atoms with E-state index in [0.29, 0.717) is 4.75 Å². The minimum Gasteiger partial charge on any atom is -0.330 e. The highest BCUT2D eigenvalue weighted by atomic mass is 32.2. The summed E-state index contributed by atoms with van der Waals surface area (Å²) in [6.07, 6.45) is 0. The summed E-state index contributed by atoms with van der Waals surface area (Å²) < 4.78 is 0.367. The predicted octanol–water partition coefficient (Wildman–Crippen LogP) is 2.50. The van der Waals surface area contributed by atoms with Gasteiger partial charge in [0.1, 0.15) is 0 Å². The monoisotopic (exact) mass is 175 g/mol. The lowest BCUT2D eigenvalue weighted by Crippen LogP contribution is -2.28. The van der Waals surface area contributed by atoms with Crippen molar-refractivity contribution < 1.29 is 0 Å². The van der Waals surface area contributed by atoms with E-state index >= 15 is 0 Å². The quantitative estimate of drug-likeness (QED) is 0.713. The molecule has 0 aliphatic carbocycles. The van der Waals surface area contributed by atoms with Gasteiger partial charge in [0.15, 0.2) is 0 Å². The molecule has 68 valence electrons. The van der Waals surface area contributed by atoms with Gasteiger partial charge in [0, 0.05) is 10.5 Å². The molecule has 0 spiro atoms. The first kappa shape index (κ1) is 11.3. The van der Waals surface area contributed by atoms with E-state index in [1.807, 2.05) is 11.8 Å². The fourth-order valence-corrected chi connectivity index (χ4v) is 1.41. The van der Waals surface area contributed by atoms with Gasteiger partial charge in [-0.3, -0.25) is 0 Å². The zero-order valence-electron chi connectivity index (χ0n) is 8.40. The standard InChI is InChI=1S/C9H21NS/c1-8(2,3)11-7-9(4,5)6-10/h6-7,10H2,1-5H3. The normalized spacial score (nSPS) is 13.6. The van der Waals surface area contributed by atoms with Crippen LogP contribution >= 0.6 is 11.8 Å². The first-order valence-electron chi connectivity index (χ1n) is 4.11. The molecule has 0 rings (SSSR count). The zero-order chi connectivity index (χ0) is 9.12. The summed E-state index contributed by atoms with van der Waals surface area (Å²) in [5.74, 6) is 1.15. The Morgan fingerprint density at radius 2 is 1.55 bits per heavy atom. The molecule has 0 aromatic carbocycles. The smallest absolute Gasteiger partial charge is 0.00753 e. The van der Waals surface area contributed by atoms with Gasteiger partial charge in [-0.1, -0.05) is 34.6 Å². The lowest BCUT2D eigenvalue weighted by Gasteiger charge is -2.27. The summed E-state index contributed by atoms with van der Waals surface area (Å²) in [7, 11) is 0. The Labute approximate surface area is 75.1 Å². The van der Waals surface area contributed by atoms with Crippen molar-refractivity contribution in [1.82, 2.24) is 0 Å². The number of hydrogen-bond donors (Lipinski definition) is 1. The van der Waals surface area contributed by atoms with Gasteiger partial charge in [-0.25, -0.2) is 0 Å². The Kier molecular flexibility index (Phi) is 3.92. The van der Waals surface area contributed by atoms with E-state index in [-0.39, 0.29) is 5.41 Å². The highest BCUT2D eigenvalue weighted by Crippen LogP contribution is 2.29. The van der Waals surface area contributed by atoms with Crippen LogP contribution in [-0.2, 0) is 0 Å². The van der Waals surface area contributed by atoms with Crippen molar-refractivity contribution in [3.8, 4) is 0 Å². The maximum absolute atomic E-state index is 5.62. The van der Waals surface area contributed by atoms with E-state index in [2.05, 4.69) is 34.6 Å². The molecule has 2 heteroatoms. The Balaban J connectivity index is 3.70. The number of rotatable bonds is 3. The summed E-state index contributed by atoms with van der Waals surface area (Å²) in [6.45, 7) is 11.9. The highest BCUT2D eigenvalue weighted by molar-refractivity contribution is 8.00. The predicted molar refractivity (Wildman–Crippen MR) is 55.0 cm³/mol. The average molecular weight is 175 g/mol. The summed E-state index contributed by atoms with van der Waals surface area (Å²) in [4.78, 5) is 0. The summed E-state index contributed by atoms with van der Waals surface area (Å²) in [5.41, 5.74) is 5.91. The molecule has 0 saturated carbocycles. The second-order valence-corrected chi connectivity index (χ2v) is 6.57. The van der Waals surface area contributed by atoms with E-state index in [1.165, 1.54) is 0 Å². The van der Waals surface area contributed by atoms with Crippen molar-refractivity contribution in [3.63, 3.8) is 0 Å². The molecule has 0 heterocycles. The molecule has 0 atom stereocenters. The highest BCUT2D eigenvalue weighted by Gasteiger charge is 2.19. The third-order valence-electron chi connectivity index (χ3n) is 1.45. The molecule has 0 aliphatic rings. The van der Waals surface area contributed by atoms with Crippen molar-refractivity contribution in [2.75, 3.05) is 12.3 Å². The Morgan fingerprint density at radius 3 is 1.82 bits per heavy atom. The van der Waals surface area contributed by atoms with Crippen LogP contribution < -0.4 is 5.73 Å². The molecular formula is C9H21NS. The molecule has 0 fully saturated rings. The third-order valence-corrected chi connectivity index (χ3v) is 3.24. The molecule has 0 unspecified atom stereocenters. The molecule has 0 bridgehead atoms.